The standard InChI is InChI=1S/C20H18N2O3/c1-25-20(24)18(23)10-14-12-6-3-5-9-17(12)22-19(14)15-11-21-16-8-4-2-7-13(15)16/h2-9,11,20-22,24H,10H2,1H3. The van der Waals surface area contributed by atoms with E-state index in [1.54, 1.807) is 0 Å². The van der Waals surface area contributed by atoms with Gasteiger partial charge in [0.25, 0.3) is 0 Å². The molecule has 0 saturated carbocycles. The lowest BCUT2D eigenvalue weighted by Crippen LogP contribution is -2.24. The van der Waals surface area contributed by atoms with Gasteiger partial charge in [-0.1, -0.05) is 36.4 Å². The van der Waals surface area contributed by atoms with Gasteiger partial charge in [-0.15, -0.1) is 0 Å². The van der Waals surface area contributed by atoms with E-state index in [0.717, 1.165) is 38.6 Å². The smallest absolute Gasteiger partial charge is 0.215 e. The van der Waals surface area contributed by atoms with Crippen LogP contribution in [0, 0.1) is 0 Å². The third kappa shape index (κ3) is 2.63. The van der Waals surface area contributed by atoms with Gasteiger partial charge >= 0.3 is 0 Å². The van der Waals surface area contributed by atoms with Gasteiger partial charge in [0.2, 0.25) is 6.29 Å². The second-order valence-electron chi connectivity index (χ2n) is 6.00. The van der Waals surface area contributed by atoms with Crippen molar-refractivity contribution in [3.8, 4) is 11.3 Å². The highest BCUT2D eigenvalue weighted by Gasteiger charge is 2.21. The maximum absolute atomic E-state index is 12.3. The molecule has 2 heterocycles. The molecule has 0 aliphatic heterocycles. The molecule has 0 spiro atoms. The van der Waals surface area contributed by atoms with E-state index < -0.39 is 6.29 Å². The van der Waals surface area contributed by atoms with Crippen molar-refractivity contribution in [2.75, 3.05) is 7.11 Å². The number of hydrogen-bond acceptors (Lipinski definition) is 3. The number of aliphatic hydroxyl groups is 1. The lowest BCUT2D eigenvalue weighted by atomic mass is 10.00. The molecule has 2 aromatic carbocycles. The maximum Gasteiger partial charge on any atom is 0.215 e. The van der Waals surface area contributed by atoms with Crippen molar-refractivity contribution in [1.29, 1.82) is 0 Å². The minimum atomic E-state index is -1.41. The largest absolute Gasteiger partial charge is 0.362 e. The fraction of sp³-hybridized carbons (Fsp3) is 0.150. The number of nitrogens with one attached hydrogen (secondary N) is 2. The van der Waals surface area contributed by atoms with Gasteiger partial charge in [0.05, 0.1) is 5.69 Å². The number of aromatic amines is 2. The second-order valence-corrected chi connectivity index (χ2v) is 6.00. The average Bonchev–Trinajstić information content (AvgIpc) is 3.22. The van der Waals surface area contributed by atoms with Gasteiger partial charge in [0, 0.05) is 47.1 Å². The molecule has 0 amide bonds. The van der Waals surface area contributed by atoms with Crippen LogP contribution in [-0.4, -0.2) is 34.3 Å². The maximum atomic E-state index is 12.3. The van der Waals surface area contributed by atoms with Crippen molar-refractivity contribution in [2.24, 2.45) is 0 Å². The SMILES string of the molecule is COC(O)C(=O)Cc1c(-c2c[nH]c3ccccc23)[nH]c2ccccc12. The summed E-state index contributed by atoms with van der Waals surface area (Å²) in [4.78, 5) is 19.0. The van der Waals surface area contributed by atoms with Crippen molar-refractivity contribution in [3.63, 3.8) is 0 Å². The Balaban J connectivity index is 1.91. The quantitative estimate of drug-likeness (QED) is 0.490. The number of Topliss-reactive ketones (excluding diaryl/α,β-unsaturated/α-hetero) is 1. The van der Waals surface area contributed by atoms with Gasteiger partial charge in [-0.25, -0.2) is 0 Å². The molecule has 5 heteroatoms. The van der Waals surface area contributed by atoms with Crippen molar-refractivity contribution in [3.05, 3.63) is 60.3 Å². The first-order valence-electron chi connectivity index (χ1n) is 8.08. The monoisotopic (exact) mass is 334 g/mol. The lowest BCUT2D eigenvalue weighted by Gasteiger charge is -2.08. The van der Waals surface area contributed by atoms with Crippen LogP contribution >= 0.6 is 0 Å². The number of para-hydroxylation sites is 2. The van der Waals surface area contributed by atoms with Gasteiger partial charge in [0.15, 0.2) is 5.78 Å². The lowest BCUT2D eigenvalue weighted by molar-refractivity contribution is -0.149. The van der Waals surface area contributed by atoms with E-state index in [-0.39, 0.29) is 12.2 Å². The van der Waals surface area contributed by atoms with Crippen molar-refractivity contribution in [2.45, 2.75) is 12.7 Å². The van der Waals surface area contributed by atoms with E-state index in [0.29, 0.717) is 0 Å². The van der Waals surface area contributed by atoms with Crippen LogP contribution in [-0.2, 0) is 16.0 Å². The molecule has 1 unspecified atom stereocenters. The Morgan fingerprint density at radius 1 is 1.08 bits per heavy atom. The topological polar surface area (TPSA) is 78.1 Å². The van der Waals surface area contributed by atoms with E-state index in [9.17, 15) is 9.90 Å². The first kappa shape index (κ1) is 15.6. The molecule has 126 valence electrons. The molecule has 4 rings (SSSR count). The summed E-state index contributed by atoms with van der Waals surface area (Å²) in [5.74, 6) is -0.367. The van der Waals surface area contributed by atoms with Crippen LogP contribution in [0.1, 0.15) is 5.56 Å². The summed E-state index contributed by atoms with van der Waals surface area (Å²) in [5, 5.41) is 11.8. The number of carbonyl (C=O) groups is 1. The molecule has 2 aromatic heterocycles. The zero-order chi connectivity index (χ0) is 17.4. The highest BCUT2D eigenvalue weighted by atomic mass is 16.6. The number of H-pyrrole nitrogens is 2. The Morgan fingerprint density at radius 3 is 2.52 bits per heavy atom. The Morgan fingerprint density at radius 2 is 1.76 bits per heavy atom. The Labute approximate surface area is 144 Å². The molecule has 0 radical (unpaired) electrons. The predicted octanol–water partition coefficient (Wildman–Crippen LogP) is 3.39. The van der Waals surface area contributed by atoms with Crippen LogP contribution in [0.5, 0.6) is 0 Å². The van der Waals surface area contributed by atoms with Gasteiger partial charge in [-0.3, -0.25) is 4.79 Å². The molecule has 5 nitrogen and oxygen atoms in total. The number of benzene rings is 2. The van der Waals surface area contributed by atoms with Gasteiger partial charge in [0.1, 0.15) is 0 Å². The zero-order valence-corrected chi connectivity index (χ0v) is 13.7. The van der Waals surface area contributed by atoms with E-state index in [1.165, 1.54) is 7.11 Å². The molecule has 1 atom stereocenters. The van der Waals surface area contributed by atoms with Crippen molar-refractivity contribution < 1.29 is 14.6 Å². The van der Waals surface area contributed by atoms with Gasteiger partial charge in [-0.05, 0) is 17.7 Å². The third-order valence-electron chi connectivity index (χ3n) is 4.52. The summed E-state index contributed by atoms with van der Waals surface area (Å²) < 4.78 is 4.76. The molecule has 3 N–H and O–H groups in total. The zero-order valence-electron chi connectivity index (χ0n) is 13.7. The minimum Gasteiger partial charge on any atom is -0.362 e. The van der Waals surface area contributed by atoms with Crippen LogP contribution < -0.4 is 0 Å². The highest BCUT2D eigenvalue weighted by Crippen LogP contribution is 2.35. The summed E-state index contributed by atoms with van der Waals surface area (Å²) in [6.07, 6.45) is 0.619. The number of aromatic nitrogens is 2. The molecular formula is C20H18N2O3. The van der Waals surface area contributed by atoms with E-state index in [2.05, 4.69) is 9.97 Å². The van der Waals surface area contributed by atoms with E-state index >= 15 is 0 Å². The fourth-order valence-electron chi connectivity index (χ4n) is 3.28. The van der Waals surface area contributed by atoms with Crippen LogP contribution in [0.15, 0.2) is 54.7 Å². The van der Waals surface area contributed by atoms with Crippen molar-refractivity contribution >= 4 is 27.6 Å². The summed E-state index contributed by atoms with van der Waals surface area (Å²) in [6.45, 7) is 0. The molecule has 0 fully saturated rings. The highest BCUT2D eigenvalue weighted by molar-refractivity contribution is 6.02. The molecule has 0 bridgehead atoms. The number of ketones is 1. The number of methoxy groups -OCH3 is 1. The van der Waals surface area contributed by atoms with Gasteiger partial charge < -0.3 is 19.8 Å². The Bertz CT molecular complexity index is 1060. The van der Waals surface area contributed by atoms with Crippen LogP contribution in [0.25, 0.3) is 33.1 Å². The Hall–Kier alpha value is -2.89. The number of carbonyl (C=O) groups excluding carboxylic acids is 1. The molecule has 0 aliphatic carbocycles. The average molecular weight is 334 g/mol. The summed E-state index contributed by atoms with van der Waals surface area (Å²) >= 11 is 0. The van der Waals surface area contributed by atoms with Crippen LogP contribution in [0.4, 0.5) is 0 Å². The summed E-state index contributed by atoms with van der Waals surface area (Å²) in [6, 6.07) is 15.9. The van der Waals surface area contributed by atoms with E-state index in [1.807, 2.05) is 54.7 Å². The minimum absolute atomic E-state index is 0.0911. The van der Waals surface area contributed by atoms with Crippen LogP contribution in [0.3, 0.4) is 0 Å². The van der Waals surface area contributed by atoms with E-state index in [4.69, 9.17) is 4.74 Å². The number of fused-ring (bicyclic) bond motifs is 2. The summed E-state index contributed by atoms with van der Waals surface area (Å²) in [5.41, 5.74) is 4.74. The van der Waals surface area contributed by atoms with Crippen molar-refractivity contribution in [1.82, 2.24) is 9.97 Å². The number of hydrogen-bond donors (Lipinski definition) is 3. The first-order chi connectivity index (χ1) is 12.2. The summed E-state index contributed by atoms with van der Waals surface area (Å²) in [7, 11) is 1.32. The molecule has 0 saturated heterocycles. The third-order valence-corrected chi connectivity index (χ3v) is 4.52. The molecule has 0 aliphatic rings. The number of aliphatic hydroxyl groups excluding tert-OH is 1. The fourth-order valence-corrected chi connectivity index (χ4v) is 3.28. The molecule has 25 heavy (non-hydrogen) atoms. The van der Waals surface area contributed by atoms with Crippen LogP contribution in [0.2, 0.25) is 0 Å². The Kier molecular flexibility index (Phi) is 3.87. The van der Waals surface area contributed by atoms with Gasteiger partial charge in [-0.2, -0.15) is 0 Å². The number of ether oxygens (including phenoxy) is 1. The predicted molar refractivity (Wildman–Crippen MR) is 97.3 cm³/mol. The second kappa shape index (κ2) is 6.20. The molecule has 4 aromatic rings. The molecular weight excluding hydrogens is 316 g/mol. The first-order valence-corrected chi connectivity index (χ1v) is 8.08. The number of rotatable bonds is 5. The normalized spacial score (nSPS) is 12.7.